The molecule has 1 aliphatic heterocycles. The number of carbonyl (C=O) groups excluding carboxylic acids is 1. The average Bonchev–Trinajstić information content (AvgIpc) is 2.33. The number of amides is 1. The van der Waals surface area contributed by atoms with Gasteiger partial charge in [-0.05, 0) is 12.8 Å². The first kappa shape index (κ1) is 13.9. The van der Waals surface area contributed by atoms with E-state index >= 15 is 0 Å². The molecule has 1 aromatic carbocycles. The van der Waals surface area contributed by atoms with Crippen molar-refractivity contribution in [1.29, 1.82) is 0 Å². The van der Waals surface area contributed by atoms with Crippen LogP contribution < -0.4 is 4.90 Å². The van der Waals surface area contributed by atoms with Crippen molar-refractivity contribution in [2.75, 3.05) is 11.4 Å². The van der Waals surface area contributed by atoms with Gasteiger partial charge in [-0.2, -0.15) is 4.39 Å². The lowest BCUT2D eigenvalue weighted by atomic mass is 10.1. The summed E-state index contributed by atoms with van der Waals surface area (Å²) in [6.45, 7) is 0.251. The number of alkyl halides is 1. The lowest BCUT2D eigenvalue weighted by molar-refractivity contribution is -0.387. The third-order valence-corrected chi connectivity index (χ3v) is 3.73. The largest absolute Gasteiger partial charge is 0.308 e. The van der Waals surface area contributed by atoms with E-state index < -0.39 is 27.1 Å². The summed E-state index contributed by atoms with van der Waals surface area (Å²) in [5.41, 5.74) is -1.11. The number of carbonyl (C=O) groups is 1. The number of anilines is 1. The summed E-state index contributed by atoms with van der Waals surface area (Å²) >= 11 is 3.16. The smallest absolute Gasteiger partial charge is 0.307 e. The Balaban J connectivity index is 2.47. The van der Waals surface area contributed by atoms with Gasteiger partial charge in [0.25, 0.3) is 0 Å². The predicted molar refractivity (Wildman–Crippen MR) is 67.3 cm³/mol. The Morgan fingerprint density at radius 3 is 2.68 bits per heavy atom. The highest BCUT2D eigenvalue weighted by molar-refractivity contribution is 9.10. The van der Waals surface area contributed by atoms with E-state index in [1.165, 1.54) is 0 Å². The average molecular weight is 335 g/mol. The van der Waals surface area contributed by atoms with E-state index in [9.17, 15) is 23.7 Å². The van der Waals surface area contributed by atoms with E-state index in [0.29, 0.717) is 18.9 Å². The van der Waals surface area contributed by atoms with Crippen LogP contribution in [0.3, 0.4) is 0 Å². The standard InChI is InChI=1S/C11H9BrF2N2O3/c12-6-2-1-3-15(11(6)17)9-5-10(16(18)19)8(14)4-7(9)13/h4-6H,1-3H2. The number of hydrogen-bond donors (Lipinski definition) is 0. The van der Waals surface area contributed by atoms with E-state index in [2.05, 4.69) is 15.9 Å². The van der Waals surface area contributed by atoms with E-state index in [1.807, 2.05) is 0 Å². The van der Waals surface area contributed by atoms with E-state index in [0.717, 1.165) is 11.0 Å². The molecule has 1 heterocycles. The summed E-state index contributed by atoms with van der Waals surface area (Å²) in [7, 11) is 0. The van der Waals surface area contributed by atoms with Crippen molar-refractivity contribution in [3.05, 3.63) is 33.9 Å². The van der Waals surface area contributed by atoms with Crippen LogP contribution in [0.5, 0.6) is 0 Å². The number of nitro benzene ring substituents is 1. The van der Waals surface area contributed by atoms with Crippen molar-refractivity contribution in [2.24, 2.45) is 0 Å². The summed E-state index contributed by atoms with van der Waals surface area (Å²) in [5.74, 6) is -2.63. The second-order valence-corrected chi connectivity index (χ2v) is 5.22. The molecule has 0 saturated carbocycles. The van der Waals surface area contributed by atoms with Gasteiger partial charge in [0.15, 0.2) is 0 Å². The molecule has 0 bridgehead atoms. The van der Waals surface area contributed by atoms with Crippen LogP contribution in [-0.2, 0) is 4.79 Å². The second-order valence-electron chi connectivity index (χ2n) is 4.11. The minimum Gasteiger partial charge on any atom is -0.308 e. The van der Waals surface area contributed by atoms with Gasteiger partial charge in [0.05, 0.1) is 15.4 Å². The molecule has 0 aliphatic carbocycles. The SMILES string of the molecule is O=C1C(Br)CCCN1c1cc([N+](=O)[O-])c(F)cc1F. The Hall–Kier alpha value is -1.57. The van der Waals surface area contributed by atoms with Gasteiger partial charge in [-0.1, -0.05) is 15.9 Å². The van der Waals surface area contributed by atoms with Crippen LogP contribution in [0.2, 0.25) is 0 Å². The fraction of sp³-hybridized carbons (Fsp3) is 0.364. The van der Waals surface area contributed by atoms with Crippen LogP contribution in [0.4, 0.5) is 20.2 Å². The van der Waals surface area contributed by atoms with Crippen LogP contribution in [0, 0.1) is 21.7 Å². The Morgan fingerprint density at radius 2 is 2.05 bits per heavy atom. The first-order valence-electron chi connectivity index (χ1n) is 5.50. The lowest BCUT2D eigenvalue weighted by Gasteiger charge is -2.29. The highest BCUT2D eigenvalue weighted by Crippen LogP contribution is 2.31. The Labute approximate surface area is 115 Å². The van der Waals surface area contributed by atoms with Crippen LogP contribution in [0.1, 0.15) is 12.8 Å². The molecule has 102 valence electrons. The molecule has 1 aromatic rings. The predicted octanol–water partition coefficient (Wildman–Crippen LogP) is 2.76. The first-order valence-corrected chi connectivity index (χ1v) is 6.42. The van der Waals surface area contributed by atoms with Gasteiger partial charge in [0.1, 0.15) is 5.82 Å². The van der Waals surface area contributed by atoms with Crippen molar-refractivity contribution in [2.45, 2.75) is 17.7 Å². The van der Waals surface area contributed by atoms with Gasteiger partial charge >= 0.3 is 5.69 Å². The monoisotopic (exact) mass is 334 g/mol. The maximum Gasteiger partial charge on any atom is 0.307 e. The number of nitro groups is 1. The van der Waals surface area contributed by atoms with Gasteiger partial charge in [0.2, 0.25) is 11.7 Å². The molecular formula is C11H9BrF2N2O3. The minimum absolute atomic E-state index is 0.251. The topological polar surface area (TPSA) is 63.5 Å². The van der Waals surface area contributed by atoms with E-state index in [-0.39, 0.29) is 18.1 Å². The third kappa shape index (κ3) is 2.58. The zero-order valence-electron chi connectivity index (χ0n) is 9.61. The molecule has 8 heteroatoms. The number of nitrogens with zero attached hydrogens (tertiary/aromatic N) is 2. The molecule has 5 nitrogen and oxygen atoms in total. The zero-order chi connectivity index (χ0) is 14.2. The van der Waals surface area contributed by atoms with Crippen LogP contribution >= 0.6 is 15.9 Å². The summed E-state index contributed by atoms with van der Waals surface area (Å²) in [5, 5.41) is 10.6. The fourth-order valence-corrected chi connectivity index (χ4v) is 2.51. The molecule has 1 fully saturated rings. The number of rotatable bonds is 2. The number of halogens is 3. The van der Waals surface area contributed by atoms with Crippen LogP contribution in [-0.4, -0.2) is 22.2 Å². The Kier molecular flexibility index (Phi) is 3.79. The zero-order valence-corrected chi connectivity index (χ0v) is 11.2. The third-order valence-electron chi connectivity index (χ3n) is 2.88. The molecule has 1 atom stereocenters. The second kappa shape index (κ2) is 5.20. The molecule has 1 unspecified atom stereocenters. The molecule has 0 aromatic heterocycles. The van der Waals surface area contributed by atoms with Crippen molar-refractivity contribution >= 4 is 33.2 Å². The maximum atomic E-state index is 13.7. The highest BCUT2D eigenvalue weighted by Gasteiger charge is 2.31. The van der Waals surface area contributed by atoms with E-state index in [1.54, 1.807) is 0 Å². The molecular weight excluding hydrogens is 326 g/mol. The van der Waals surface area contributed by atoms with Gasteiger partial charge < -0.3 is 4.90 Å². The van der Waals surface area contributed by atoms with Crippen molar-refractivity contribution in [3.63, 3.8) is 0 Å². The number of benzene rings is 1. The van der Waals surface area contributed by atoms with E-state index in [4.69, 9.17) is 0 Å². The molecule has 0 radical (unpaired) electrons. The Morgan fingerprint density at radius 1 is 1.37 bits per heavy atom. The summed E-state index contributed by atoms with van der Waals surface area (Å²) < 4.78 is 26.9. The van der Waals surface area contributed by atoms with Crippen molar-refractivity contribution < 1.29 is 18.5 Å². The molecule has 1 saturated heterocycles. The first-order chi connectivity index (χ1) is 8.91. The van der Waals surface area contributed by atoms with Gasteiger partial charge in [-0.25, -0.2) is 4.39 Å². The molecule has 0 spiro atoms. The van der Waals surface area contributed by atoms with Crippen LogP contribution in [0.15, 0.2) is 12.1 Å². The Bertz CT molecular complexity index is 553. The highest BCUT2D eigenvalue weighted by atomic mass is 79.9. The van der Waals surface area contributed by atoms with Crippen molar-refractivity contribution in [1.82, 2.24) is 0 Å². The maximum absolute atomic E-state index is 13.7. The summed E-state index contributed by atoms with van der Waals surface area (Å²) in [6, 6.07) is 1.19. The lowest BCUT2D eigenvalue weighted by Crippen LogP contribution is -2.42. The van der Waals surface area contributed by atoms with Gasteiger partial charge in [-0.15, -0.1) is 0 Å². The van der Waals surface area contributed by atoms with Gasteiger partial charge in [-0.3, -0.25) is 14.9 Å². The quantitative estimate of drug-likeness (QED) is 0.474. The molecule has 0 N–H and O–H groups in total. The number of piperidine rings is 1. The van der Waals surface area contributed by atoms with Gasteiger partial charge in [0, 0.05) is 18.7 Å². The normalized spacial score (nSPS) is 19.6. The number of hydrogen-bond acceptors (Lipinski definition) is 3. The molecule has 19 heavy (non-hydrogen) atoms. The van der Waals surface area contributed by atoms with Crippen LogP contribution in [0.25, 0.3) is 0 Å². The summed E-state index contributed by atoms with van der Waals surface area (Å²) in [6.07, 6.45) is 1.24. The molecule has 1 amide bonds. The molecule has 2 rings (SSSR count). The minimum atomic E-state index is -1.26. The fourth-order valence-electron chi connectivity index (χ4n) is 1.94. The van der Waals surface area contributed by atoms with Crippen molar-refractivity contribution in [3.8, 4) is 0 Å². The molecule has 1 aliphatic rings. The summed E-state index contributed by atoms with van der Waals surface area (Å²) in [4.78, 5) is 22.2.